The Morgan fingerprint density at radius 2 is 1.78 bits per heavy atom. The smallest absolute Gasteiger partial charge is 0.0450 e. The van der Waals surface area contributed by atoms with Crippen LogP contribution in [0.25, 0.3) is 0 Å². The van der Waals surface area contributed by atoms with Crippen LogP contribution < -0.4 is 0 Å². The fraction of sp³-hybridized carbons (Fsp3) is 0.556. The summed E-state index contributed by atoms with van der Waals surface area (Å²) in [6.07, 6.45) is 3.43. The van der Waals surface area contributed by atoms with Crippen LogP contribution in [-0.2, 0) is 0 Å². The zero-order chi connectivity index (χ0) is 6.10. The summed E-state index contributed by atoms with van der Waals surface area (Å²) in [6, 6.07) is 0. The molecule has 0 saturated carbocycles. The third-order valence-electron chi connectivity index (χ3n) is 1.96. The molecule has 2 unspecified atom stereocenters. The molecule has 0 heterocycles. The fourth-order valence-electron chi connectivity index (χ4n) is 1.27. The molecule has 0 aromatic rings. The second-order valence-electron chi connectivity index (χ2n) is 2.60. The lowest BCUT2D eigenvalue weighted by Crippen LogP contribution is -2.13. The van der Waals surface area contributed by atoms with E-state index in [-0.39, 0.29) is 0 Å². The maximum Gasteiger partial charge on any atom is 0.0450 e. The molecule has 2 rings (SSSR count). The molecule has 9 heavy (non-hydrogen) atoms. The van der Waals surface area contributed by atoms with Crippen molar-refractivity contribution in [2.75, 3.05) is 0 Å². The van der Waals surface area contributed by atoms with E-state index in [4.69, 9.17) is 0 Å². The van der Waals surface area contributed by atoms with Crippen molar-refractivity contribution in [2.24, 2.45) is 11.8 Å². The Balaban J connectivity index is 2.04. The molecule has 0 aromatic heterocycles. The highest BCUT2D eigenvalue weighted by molar-refractivity contribution is 5.25. The van der Waals surface area contributed by atoms with Crippen molar-refractivity contribution in [3.05, 3.63) is 0 Å². The van der Waals surface area contributed by atoms with E-state index >= 15 is 0 Å². The van der Waals surface area contributed by atoms with Gasteiger partial charge in [0.15, 0.2) is 0 Å². The molecule has 0 aromatic carbocycles. The first-order valence-corrected chi connectivity index (χ1v) is 3.43. The van der Waals surface area contributed by atoms with Crippen LogP contribution >= 0.6 is 0 Å². The Labute approximate surface area is 55.6 Å². The lowest BCUT2D eigenvalue weighted by atomic mass is 9.85. The van der Waals surface area contributed by atoms with E-state index in [1.807, 2.05) is 0 Å². The van der Waals surface area contributed by atoms with E-state index in [2.05, 4.69) is 23.7 Å². The fourth-order valence-corrected chi connectivity index (χ4v) is 1.27. The third-order valence-corrected chi connectivity index (χ3v) is 1.96. The molecule has 0 fully saturated rings. The van der Waals surface area contributed by atoms with Crippen LogP contribution in [0.5, 0.6) is 0 Å². The van der Waals surface area contributed by atoms with E-state index in [0.717, 1.165) is 12.8 Å². The largest absolute Gasteiger partial charge is 0.103 e. The van der Waals surface area contributed by atoms with Crippen molar-refractivity contribution in [2.45, 2.75) is 19.3 Å². The molecule has 0 radical (unpaired) electrons. The highest BCUT2D eigenvalue weighted by Gasteiger charge is 2.21. The Morgan fingerprint density at radius 1 is 1.00 bits per heavy atom. The summed E-state index contributed by atoms with van der Waals surface area (Å²) in [5.74, 6) is 13.7. The van der Waals surface area contributed by atoms with Gasteiger partial charge < -0.3 is 0 Å². The summed E-state index contributed by atoms with van der Waals surface area (Å²) >= 11 is 0. The minimum absolute atomic E-state index is 0.631. The zero-order valence-electron chi connectivity index (χ0n) is 5.28. The van der Waals surface area contributed by atoms with Crippen LogP contribution in [0, 0.1) is 35.5 Å². The van der Waals surface area contributed by atoms with Gasteiger partial charge in [-0.3, -0.25) is 0 Å². The average Bonchev–Trinajstić information content (AvgIpc) is 2.11. The molecule has 0 aliphatic heterocycles. The molecule has 0 bridgehead atoms. The highest BCUT2D eigenvalue weighted by Crippen LogP contribution is 2.26. The lowest BCUT2D eigenvalue weighted by molar-refractivity contribution is 0.483. The summed E-state index contributed by atoms with van der Waals surface area (Å²) in [5.41, 5.74) is 0. The normalized spacial score (nSPS) is 35.6. The Morgan fingerprint density at radius 3 is 2.22 bits per heavy atom. The monoisotopic (exact) mass is 116 g/mol. The van der Waals surface area contributed by atoms with Gasteiger partial charge in [-0.15, -0.1) is 11.8 Å². The van der Waals surface area contributed by atoms with Crippen LogP contribution in [0.1, 0.15) is 19.3 Å². The number of rotatable bonds is 1. The van der Waals surface area contributed by atoms with Crippen LogP contribution in [0.3, 0.4) is 0 Å². The molecule has 0 nitrogen and oxygen atoms in total. The molecule has 0 saturated heterocycles. The first-order chi connectivity index (χ1) is 4.47. The lowest BCUT2D eigenvalue weighted by Gasteiger charge is -2.16. The first-order valence-electron chi connectivity index (χ1n) is 3.43. The molecule has 2 aliphatic carbocycles. The van der Waals surface area contributed by atoms with Crippen LogP contribution in [0.15, 0.2) is 0 Å². The Bertz CT molecular complexity index is 228. The molecule has 2 aliphatic rings. The van der Waals surface area contributed by atoms with Crippen molar-refractivity contribution in [3.8, 4) is 23.7 Å². The summed E-state index contributed by atoms with van der Waals surface area (Å²) in [7, 11) is 0. The summed E-state index contributed by atoms with van der Waals surface area (Å²) in [5, 5.41) is 0. The number of hydrogen-bond donors (Lipinski definition) is 0. The zero-order valence-corrected chi connectivity index (χ0v) is 5.28. The van der Waals surface area contributed by atoms with Gasteiger partial charge in [-0.25, -0.2) is 0 Å². The van der Waals surface area contributed by atoms with Crippen molar-refractivity contribution >= 4 is 0 Å². The maximum atomic E-state index is 3.21. The molecule has 0 heteroatoms. The molecule has 44 valence electrons. The van der Waals surface area contributed by atoms with Gasteiger partial charge in [0, 0.05) is 24.7 Å². The quantitative estimate of drug-likeness (QED) is 0.454. The Kier molecular flexibility index (Phi) is 0.998. The topological polar surface area (TPSA) is 0 Å². The van der Waals surface area contributed by atoms with E-state index in [9.17, 15) is 0 Å². The van der Waals surface area contributed by atoms with Crippen molar-refractivity contribution < 1.29 is 0 Å². The van der Waals surface area contributed by atoms with Gasteiger partial charge in [0.05, 0.1) is 0 Å². The second-order valence-corrected chi connectivity index (χ2v) is 2.60. The third kappa shape index (κ3) is 0.718. The minimum atomic E-state index is 0.631. The summed E-state index contributed by atoms with van der Waals surface area (Å²) < 4.78 is 0. The van der Waals surface area contributed by atoms with E-state index in [1.54, 1.807) is 0 Å². The predicted molar refractivity (Wildman–Crippen MR) is 36.4 cm³/mol. The van der Waals surface area contributed by atoms with Gasteiger partial charge in [0.1, 0.15) is 0 Å². The standard InChI is InChI=1S/C9H8/c1-2-5-8(4-1)9-6-3-7-9/h8-9H,1,4,6H2. The highest BCUT2D eigenvalue weighted by atomic mass is 14.2. The molecular formula is C9H8. The Hall–Kier alpha value is -0.880. The van der Waals surface area contributed by atoms with E-state index in [0.29, 0.717) is 11.8 Å². The van der Waals surface area contributed by atoms with Crippen molar-refractivity contribution in [1.29, 1.82) is 0 Å². The molecular weight excluding hydrogens is 108 g/mol. The van der Waals surface area contributed by atoms with Gasteiger partial charge in [-0.1, -0.05) is 11.8 Å². The van der Waals surface area contributed by atoms with Gasteiger partial charge in [0.2, 0.25) is 0 Å². The first kappa shape index (κ1) is 4.95. The van der Waals surface area contributed by atoms with Crippen molar-refractivity contribution in [3.63, 3.8) is 0 Å². The SMILES string of the molecule is C1#CC(C2C#CC2)CC1. The summed E-state index contributed by atoms with van der Waals surface area (Å²) in [6.45, 7) is 0. The van der Waals surface area contributed by atoms with Gasteiger partial charge in [0.25, 0.3) is 0 Å². The molecule has 2 atom stereocenters. The average molecular weight is 116 g/mol. The molecule has 0 amide bonds. The van der Waals surface area contributed by atoms with Gasteiger partial charge >= 0.3 is 0 Å². The van der Waals surface area contributed by atoms with Crippen molar-refractivity contribution in [1.82, 2.24) is 0 Å². The molecule has 0 N–H and O–H groups in total. The number of hydrogen-bond acceptors (Lipinski definition) is 0. The van der Waals surface area contributed by atoms with Crippen LogP contribution in [0.2, 0.25) is 0 Å². The maximum absolute atomic E-state index is 3.21. The van der Waals surface area contributed by atoms with Crippen LogP contribution in [-0.4, -0.2) is 0 Å². The van der Waals surface area contributed by atoms with E-state index < -0.39 is 0 Å². The minimum Gasteiger partial charge on any atom is -0.103 e. The van der Waals surface area contributed by atoms with E-state index in [1.165, 1.54) is 6.42 Å². The molecule has 0 spiro atoms. The van der Waals surface area contributed by atoms with Crippen LogP contribution in [0.4, 0.5) is 0 Å². The summed E-state index contributed by atoms with van der Waals surface area (Å²) in [4.78, 5) is 0. The van der Waals surface area contributed by atoms with Gasteiger partial charge in [-0.05, 0) is 6.42 Å². The van der Waals surface area contributed by atoms with Gasteiger partial charge in [-0.2, -0.15) is 0 Å². The predicted octanol–water partition coefficient (Wildman–Crippen LogP) is 1.42. The second kappa shape index (κ2) is 1.82.